The summed E-state index contributed by atoms with van der Waals surface area (Å²) in [7, 11) is -4.29. The van der Waals surface area contributed by atoms with Gasteiger partial charge in [0.1, 0.15) is 6.10 Å². The zero-order valence-electron chi connectivity index (χ0n) is 30.2. The van der Waals surface area contributed by atoms with Crippen molar-refractivity contribution in [3.05, 3.63) is 72.9 Å². The van der Waals surface area contributed by atoms with Crippen molar-refractivity contribution < 1.29 is 32.8 Å². The number of carbonyl (C=O) groups excluding carboxylic acids is 1. The van der Waals surface area contributed by atoms with Gasteiger partial charge in [-0.25, -0.2) is 4.57 Å². The van der Waals surface area contributed by atoms with Gasteiger partial charge in [-0.15, -0.1) is 0 Å². The Labute approximate surface area is 293 Å². The minimum absolute atomic E-state index is 0.0893. The van der Waals surface area contributed by atoms with E-state index in [0.717, 1.165) is 109 Å². The second-order valence-electron chi connectivity index (χ2n) is 11.7. The summed E-state index contributed by atoms with van der Waals surface area (Å²) in [6.45, 7) is 4.58. The van der Waals surface area contributed by atoms with Crippen LogP contribution in [-0.4, -0.2) is 49.9 Å². The van der Waals surface area contributed by atoms with Crippen molar-refractivity contribution in [1.82, 2.24) is 0 Å². The first-order valence-electron chi connectivity index (χ1n) is 18.4. The molecule has 8 nitrogen and oxygen atoms in total. The lowest BCUT2D eigenvalue weighted by Crippen LogP contribution is -2.28. The van der Waals surface area contributed by atoms with Crippen LogP contribution < -0.4 is 5.73 Å². The van der Waals surface area contributed by atoms with Crippen molar-refractivity contribution in [2.75, 3.05) is 33.0 Å². The van der Waals surface area contributed by atoms with Crippen molar-refractivity contribution in [2.24, 2.45) is 5.73 Å². The molecule has 2 atom stereocenters. The highest BCUT2D eigenvalue weighted by atomic mass is 31.2. The maximum atomic E-state index is 12.5. The summed E-state index contributed by atoms with van der Waals surface area (Å²) in [5.74, 6) is -0.360. The molecule has 0 saturated heterocycles. The Bertz CT molecular complexity index is 958. The maximum absolute atomic E-state index is 12.5. The van der Waals surface area contributed by atoms with Gasteiger partial charge in [-0.2, -0.15) is 0 Å². The van der Waals surface area contributed by atoms with E-state index in [1.165, 1.54) is 0 Å². The number of nitrogens with two attached hydrogens (primary N) is 1. The predicted octanol–water partition coefficient (Wildman–Crippen LogP) is 10.4. The Morgan fingerprint density at radius 3 is 1.65 bits per heavy atom. The first-order valence-corrected chi connectivity index (χ1v) is 19.9. The smallest absolute Gasteiger partial charge is 0.457 e. The molecule has 0 saturated carbocycles. The number of hydrogen-bond acceptors (Lipinski definition) is 7. The van der Waals surface area contributed by atoms with Crippen LogP contribution in [0.4, 0.5) is 0 Å². The van der Waals surface area contributed by atoms with E-state index in [0.29, 0.717) is 6.61 Å². The number of phosphoric ester groups is 1. The lowest BCUT2D eigenvalue weighted by atomic mass is 10.1. The van der Waals surface area contributed by atoms with Gasteiger partial charge >= 0.3 is 13.8 Å². The van der Waals surface area contributed by atoms with Gasteiger partial charge < -0.3 is 20.1 Å². The Balaban J connectivity index is 4.20. The SMILES string of the molecule is CC/C=C\C/C=C\C/C=C\CCCCCCCC(=O)OC(COCCCCCC/C=C\C/C=C\C/C=C\CC)COP(=O)(O)OCCN. The van der Waals surface area contributed by atoms with E-state index in [1.54, 1.807) is 0 Å². The summed E-state index contributed by atoms with van der Waals surface area (Å²) in [6.07, 6.45) is 43.4. The van der Waals surface area contributed by atoms with Gasteiger partial charge in [-0.05, 0) is 77.0 Å². The van der Waals surface area contributed by atoms with E-state index in [4.69, 9.17) is 24.3 Å². The number of rotatable bonds is 34. The van der Waals surface area contributed by atoms with Crippen LogP contribution in [0.3, 0.4) is 0 Å². The minimum atomic E-state index is -4.29. The van der Waals surface area contributed by atoms with Gasteiger partial charge in [0.2, 0.25) is 0 Å². The largest absolute Gasteiger partial charge is 0.472 e. The molecule has 0 aromatic rings. The van der Waals surface area contributed by atoms with Crippen molar-refractivity contribution in [2.45, 2.75) is 136 Å². The van der Waals surface area contributed by atoms with E-state index < -0.39 is 13.9 Å². The van der Waals surface area contributed by atoms with Crippen LogP contribution in [0.2, 0.25) is 0 Å². The highest BCUT2D eigenvalue weighted by Crippen LogP contribution is 2.43. The number of esters is 1. The summed E-state index contributed by atoms with van der Waals surface area (Å²) in [5.41, 5.74) is 5.35. The van der Waals surface area contributed by atoms with E-state index >= 15 is 0 Å². The molecule has 276 valence electrons. The van der Waals surface area contributed by atoms with Crippen LogP contribution in [0, 0.1) is 0 Å². The number of carbonyl (C=O) groups is 1. The van der Waals surface area contributed by atoms with Gasteiger partial charge in [0, 0.05) is 19.6 Å². The Morgan fingerprint density at radius 1 is 0.625 bits per heavy atom. The summed E-state index contributed by atoms with van der Waals surface area (Å²) in [6, 6.07) is 0. The highest BCUT2D eigenvalue weighted by molar-refractivity contribution is 7.47. The molecule has 0 aliphatic rings. The third-order valence-corrected chi connectivity index (χ3v) is 8.10. The van der Waals surface area contributed by atoms with Gasteiger partial charge in [-0.3, -0.25) is 13.8 Å². The van der Waals surface area contributed by atoms with Gasteiger partial charge in [0.05, 0.1) is 19.8 Å². The molecule has 0 aromatic heterocycles. The molecular formula is C39H68NO7P. The molecule has 0 heterocycles. The number of ether oxygens (including phenoxy) is 2. The lowest BCUT2D eigenvalue weighted by molar-refractivity contribution is -0.154. The average molecular weight is 694 g/mol. The summed E-state index contributed by atoms with van der Waals surface area (Å²) in [5, 5.41) is 0. The molecule has 0 amide bonds. The van der Waals surface area contributed by atoms with Crippen molar-refractivity contribution >= 4 is 13.8 Å². The monoisotopic (exact) mass is 693 g/mol. The van der Waals surface area contributed by atoms with Crippen LogP contribution in [-0.2, 0) is 27.9 Å². The Hall–Kier alpha value is -2.06. The van der Waals surface area contributed by atoms with Crippen molar-refractivity contribution in [3.8, 4) is 0 Å². The fourth-order valence-electron chi connectivity index (χ4n) is 4.49. The molecule has 0 radical (unpaired) electrons. The molecule has 0 rings (SSSR count). The Kier molecular flexibility index (Phi) is 34.7. The quantitative estimate of drug-likeness (QED) is 0.0296. The van der Waals surface area contributed by atoms with Gasteiger partial charge in [0.15, 0.2) is 0 Å². The standard InChI is InChI=1S/C39H68NO7P/c1-3-5-7-9-11-13-15-17-19-20-22-24-26-28-30-32-39(41)47-38(37-46-48(42,43)45-35-33-40)36-44-34-31-29-27-25-23-21-18-16-14-12-10-8-6-4-2/h5-8,11-14,17-19,21,38H,3-4,9-10,15-16,20,22-37,40H2,1-2H3,(H,42,43)/b7-5-,8-6-,13-11-,14-12-,19-17-,21-18-. The maximum Gasteiger partial charge on any atom is 0.472 e. The zero-order chi connectivity index (χ0) is 35.2. The van der Waals surface area contributed by atoms with E-state index in [9.17, 15) is 14.3 Å². The summed E-state index contributed by atoms with van der Waals surface area (Å²) < 4.78 is 33.2. The second kappa shape index (κ2) is 36.2. The van der Waals surface area contributed by atoms with Crippen LogP contribution in [0.1, 0.15) is 129 Å². The van der Waals surface area contributed by atoms with Crippen molar-refractivity contribution in [3.63, 3.8) is 0 Å². The molecule has 0 aliphatic heterocycles. The summed E-state index contributed by atoms with van der Waals surface area (Å²) in [4.78, 5) is 22.4. The molecule has 0 bridgehead atoms. The number of unbranched alkanes of at least 4 members (excludes halogenated alkanes) is 9. The second-order valence-corrected chi connectivity index (χ2v) is 13.1. The Morgan fingerprint density at radius 2 is 1.10 bits per heavy atom. The van der Waals surface area contributed by atoms with Gasteiger partial charge in [-0.1, -0.05) is 119 Å². The molecular weight excluding hydrogens is 625 g/mol. The number of allylic oxidation sites excluding steroid dienone is 12. The average Bonchev–Trinajstić information content (AvgIpc) is 3.07. The first kappa shape index (κ1) is 45.9. The van der Waals surface area contributed by atoms with E-state index in [1.807, 2.05) is 0 Å². The fourth-order valence-corrected chi connectivity index (χ4v) is 5.26. The third kappa shape index (κ3) is 35.3. The molecule has 3 N–H and O–H groups in total. The third-order valence-electron chi connectivity index (χ3n) is 7.12. The van der Waals surface area contributed by atoms with Crippen LogP contribution >= 0.6 is 7.82 Å². The van der Waals surface area contributed by atoms with E-state index in [-0.39, 0.29) is 38.8 Å². The van der Waals surface area contributed by atoms with Crippen LogP contribution in [0.25, 0.3) is 0 Å². The molecule has 9 heteroatoms. The molecule has 2 unspecified atom stereocenters. The highest BCUT2D eigenvalue weighted by Gasteiger charge is 2.25. The number of hydrogen-bond donors (Lipinski definition) is 2. The van der Waals surface area contributed by atoms with Gasteiger partial charge in [0.25, 0.3) is 0 Å². The molecule has 0 aliphatic carbocycles. The number of phosphoric acid groups is 1. The fraction of sp³-hybridized carbons (Fsp3) is 0.667. The minimum Gasteiger partial charge on any atom is -0.457 e. The van der Waals surface area contributed by atoms with Crippen LogP contribution in [0.5, 0.6) is 0 Å². The zero-order valence-corrected chi connectivity index (χ0v) is 31.1. The molecule has 48 heavy (non-hydrogen) atoms. The molecule has 0 aromatic carbocycles. The molecule has 0 fully saturated rings. The summed E-state index contributed by atoms with van der Waals surface area (Å²) >= 11 is 0. The van der Waals surface area contributed by atoms with Crippen molar-refractivity contribution in [1.29, 1.82) is 0 Å². The first-order chi connectivity index (χ1) is 23.4. The molecule has 0 spiro atoms. The predicted molar refractivity (Wildman–Crippen MR) is 201 cm³/mol. The lowest BCUT2D eigenvalue weighted by Gasteiger charge is -2.20. The topological polar surface area (TPSA) is 117 Å². The van der Waals surface area contributed by atoms with E-state index in [2.05, 4.69) is 86.8 Å². The van der Waals surface area contributed by atoms with Crippen LogP contribution in [0.15, 0.2) is 72.9 Å². The normalized spacial score (nSPS) is 14.5.